The van der Waals surface area contributed by atoms with Crippen molar-refractivity contribution in [3.63, 3.8) is 0 Å². The summed E-state index contributed by atoms with van der Waals surface area (Å²) in [5.41, 5.74) is 8.95. The standard InChI is InChI=1S/C16H13ClN2/c1-10-6-14(9-19-16(10)18)12-2-3-13-8-15(17)5-4-11(13)7-12/h2-9H,1H3,(H2,18,19). The molecule has 19 heavy (non-hydrogen) atoms. The van der Waals surface area contributed by atoms with Crippen molar-refractivity contribution >= 4 is 28.2 Å². The minimum absolute atomic E-state index is 0.580. The van der Waals surface area contributed by atoms with E-state index >= 15 is 0 Å². The number of aromatic nitrogens is 1. The first-order chi connectivity index (χ1) is 9.13. The number of aryl methyl sites for hydroxylation is 1. The van der Waals surface area contributed by atoms with E-state index in [9.17, 15) is 0 Å². The molecule has 2 nitrogen and oxygen atoms in total. The van der Waals surface area contributed by atoms with E-state index in [2.05, 4.69) is 29.2 Å². The van der Waals surface area contributed by atoms with Crippen LogP contribution in [0.3, 0.4) is 0 Å². The number of nitrogens with two attached hydrogens (primary N) is 1. The molecular formula is C16H13ClN2. The van der Waals surface area contributed by atoms with Crippen molar-refractivity contribution in [2.45, 2.75) is 6.92 Å². The van der Waals surface area contributed by atoms with Crippen LogP contribution in [0.2, 0.25) is 5.02 Å². The van der Waals surface area contributed by atoms with E-state index in [1.807, 2.05) is 25.1 Å². The fraction of sp³-hybridized carbons (Fsp3) is 0.0625. The number of pyridine rings is 1. The summed E-state index contributed by atoms with van der Waals surface area (Å²) < 4.78 is 0. The highest BCUT2D eigenvalue weighted by Crippen LogP contribution is 2.27. The van der Waals surface area contributed by atoms with Crippen LogP contribution in [0, 0.1) is 6.92 Å². The zero-order chi connectivity index (χ0) is 13.4. The summed E-state index contributed by atoms with van der Waals surface area (Å²) in [4.78, 5) is 4.21. The molecule has 0 spiro atoms. The Balaban J connectivity index is 2.14. The topological polar surface area (TPSA) is 38.9 Å². The van der Waals surface area contributed by atoms with Crippen LogP contribution in [0.25, 0.3) is 21.9 Å². The van der Waals surface area contributed by atoms with Gasteiger partial charge in [-0.2, -0.15) is 0 Å². The highest BCUT2D eigenvalue weighted by Gasteiger charge is 2.03. The molecule has 0 aliphatic heterocycles. The summed E-state index contributed by atoms with van der Waals surface area (Å²) in [6.07, 6.45) is 1.80. The summed E-state index contributed by atoms with van der Waals surface area (Å²) in [5.74, 6) is 0.580. The number of hydrogen-bond acceptors (Lipinski definition) is 2. The van der Waals surface area contributed by atoms with Crippen LogP contribution in [0.15, 0.2) is 48.7 Å². The second-order valence-electron chi connectivity index (χ2n) is 4.63. The molecule has 0 unspecified atom stereocenters. The Morgan fingerprint density at radius 1 is 0.947 bits per heavy atom. The largest absolute Gasteiger partial charge is 0.383 e. The molecule has 0 bridgehead atoms. The Labute approximate surface area is 116 Å². The third kappa shape index (κ3) is 2.27. The van der Waals surface area contributed by atoms with Gasteiger partial charge in [-0.3, -0.25) is 0 Å². The zero-order valence-electron chi connectivity index (χ0n) is 10.5. The highest BCUT2D eigenvalue weighted by atomic mass is 35.5. The summed E-state index contributed by atoms with van der Waals surface area (Å²) in [6.45, 7) is 1.96. The number of anilines is 1. The number of halogens is 1. The predicted molar refractivity (Wildman–Crippen MR) is 81.3 cm³/mol. The molecule has 3 heteroatoms. The van der Waals surface area contributed by atoms with Gasteiger partial charge in [0.1, 0.15) is 5.82 Å². The smallest absolute Gasteiger partial charge is 0.126 e. The molecule has 2 aromatic carbocycles. The molecule has 94 valence electrons. The lowest BCUT2D eigenvalue weighted by Crippen LogP contribution is -1.93. The van der Waals surface area contributed by atoms with E-state index in [0.29, 0.717) is 5.82 Å². The van der Waals surface area contributed by atoms with Crippen molar-refractivity contribution in [3.05, 3.63) is 59.2 Å². The number of nitrogens with zero attached hydrogens (tertiary/aromatic N) is 1. The van der Waals surface area contributed by atoms with E-state index in [0.717, 1.165) is 32.5 Å². The number of benzene rings is 2. The molecule has 3 rings (SSSR count). The van der Waals surface area contributed by atoms with Crippen molar-refractivity contribution in [2.75, 3.05) is 5.73 Å². The molecular weight excluding hydrogens is 256 g/mol. The van der Waals surface area contributed by atoms with Crippen molar-refractivity contribution in [1.82, 2.24) is 4.98 Å². The maximum Gasteiger partial charge on any atom is 0.126 e. The van der Waals surface area contributed by atoms with Gasteiger partial charge < -0.3 is 5.73 Å². The maximum atomic E-state index is 5.99. The molecule has 0 fully saturated rings. The molecule has 1 heterocycles. The van der Waals surface area contributed by atoms with Gasteiger partial charge in [-0.1, -0.05) is 29.8 Å². The van der Waals surface area contributed by atoms with E-state index in [1.165, 1.54) is 0 Å². The van der Waals surface area contributed by atoms with Crippen LogP contribution in [-0.4, -0.2) is 4.98 Å². The SMILES string of the molecule is Cc1cc(-c2ccc3cc(Cl)ccc3c2)cnc1N. The predicted octanol–water partition coefficient (Wildman–Crippen LogP) is 4.45. The summed E-state index contributed by atoms with van der Waals surface area (Å²) in [6, 6.07) is 14.2. The molecule has 0 atom stereocenters. The van der Waals surface area contributed by atoms with Gasteiger partial charge in [-0.25, -0.2) is 4.98 Å². The van der Waals surface area contributed by atoms with E-state index in [4.69, 9.17) is 17.3 Å². The zero-order valence-corrected chi connectivity index (χ0v) is 11.3. The van der Waals surface area contributed by atoms with E-state index < -0.39 is 0 Å². The molecule has 0 saturated heterocycles. The lowest BCUT2D eigenvalue weighted by atomic mass is 10.0. The van der Waals surface area contributed by atoms with Gasteiger partial charge in [0.2, 0.25) is 0 Å². The highest BCUT2D eigenvalue weighted by molar-refractivity contribution is 6.31. The van der Waals surface area contributed by atoms with Crippen molar-refractivity contribution in [2.24, 2.45) is 0 Å². The van der Waals surface area contributed by atoms with Crippen LogP contribution in [0.5, 0.6) is 0 Å². The first-order valence-corrected chi connectivity index (χ1v) is 6.43. The minimum atomic E-state index is 0.580. The number of rotatable bonds is 1. The number of hydrogen-bond donors (Lipinski definition) is 1. The third-order valence-electron chi connectivity index (χ3n) is 3.25. The van der Waals surface area contributed by atoms with Crippen molar-refractivity contribution in [1.29, 1.82) is 0 Å². The molecule has 1 aromatic heterocycles. The van der Waals surface area contributed by atoms with Crippen molar-refractivity contribution < 1.29 is 0 Å². The molecule has 0 saturated carbocycles. The van der Waals surface area contributed by atoms with Gasteiger partial charge in [-0.15, -0.1) is 0 Å². The molecule has 0 amide bonds. The Morgan fingerprint density at radius 3 is 2.47 bits per heavy atom. The molecule has 0 aliphatic rings. The van der Waals surface area contributed by atoms with Crippen LogP contribution < -0.4 is 5.73 Å². The number of nitrogen functional groups attached to an aromatic ring is 1. The fourth-order valence-electron chi connectivity index (χ4n) is 2.14. The van der Waals surface area contributed by atoms with E-state index in [1.54, 1.807) is 6.20 Å². The van der Waals surface area contributed by atoms with Crippen molar-refractivity contribution in [3.8, 4) is 11.1 Å². The number of fused-ring (bicyclic) bond motifs is 1. The molecule has 0 radical (unpaired) electrons. The molecule has 3 aromatic rings. The van der Waals surface area contributed by atoms with Crippen LogP contribution in [0.4, 0.5) is 5.82 Å². The Kier molecular flexibility index (Phi) is 2.88. The molecule has 0 aliphatic carbocycles. The van der Waals surface area contributed by atoms with Crippen LogP contribution >= 0.6 is 11.6 Å². The lowest BCUT2D eigenvalue weighted by Gasteiger charge is -2.06. The Morgan fingerprint density at radius 2 is 1.68 bits per heavy atom. The van der Waals surface area contributed by atoms with Gasteiger partial charge in [0.05, 0.1) is 0 Å². The maximum absolute atomic E-state index is 5.99. The third-order valence-corrected chi connectivity index (χ3v) is 3.49. The first kappa shape index (κ1) is 12.0. The first-order valence-electron chi connectivity index (χ1n) is 6.05. The van der Waals surface area contributed by atoms with Gasteiger partial charge >= 0.3 is 0 Å². The average Bonchev–Trinajstić information content (AvgIpc) is 2.41. The van der Waals surface area contributed by atoms with Crippen LogP contribution in [-0.2, 0) is 0 Å². The summed E-state index contributed by atoms with van der Waals surface area (Å²) in [7, 11) is 0. The summed E-state index contributed by atoms with van der Waals surface area (Å²) >= 11 is 5.99. The summed E-state index contributed by atoms with van der Waals surface area (Å²) in [5, 5.41) is 3.05. The normalized spacial score (nSPS) is 10.8. The molecule has 2 N–H and O–H groups in total. The van der Waals surface area contributed by atoms with Crippen LogP contribution in [0.1, 0.15) is 5.56 Å². The fourth-order valence-corrected chi connectivity index (χ4v) is 2.32. The van der Waals surface area contributed by atoms with Gasteiger partial charge in [-0.05, 0) is 53.1 Å². The lowest BCUT2D eigenvalue weighted by molar-refractivity contribution is 1.28. The van der Waals surface area contributed by atoms with Gasteiger partial charge in [0.25, 0.3) is 0 Å². The van der Waals surface area contributed by atoms with Gasteiger partial charge in [0.15, 0.2) is 0 Å². The quantitative estimate of drug-likeness (QED) is 0.708. The Hall–Kier alpha value is -2.06. The average molecular weight is 269 g/mol. The van der Waals surface area contributed by atoms with Gasteiger partial charge in [0, 0.05) is 16.8 Å². The second-order valence-corrected chi connectivity index (χ2v) is 5.07. The van der Waals surface area contributed by atoms with E-state index in [-0.39, 0.29) is 0 Å². The minimum Gasteiger partial charge on any atom is -0.383 e. The Bertz CT molecular complexity index is 766. The second kappa shape index (κ2) is 4.56. The monoisotopic (exact) mass is 268 g/mol.